The first kappa shape index (κ1) is 20.9. The first-order valence-corrected chi connectivity index (χ1v) is 9.43. The Kier molecular flexibility index (Phi) is 6.22. The second kappa shape index (κ2) is 8.65. The number of amides is 1. The van der Waals surface area contributed by atoms with Gasteiger partial charge in [-0.1, -0.05) is 29.3 Å². The lowest BCUT2D eigenvalue weighted by molar-refractivity contribution is 0.0696. The summed E-state index contributed by atoms with van der Waals surface area (Å²) in [5.41, 5.74) is 1.66. The number of carboxylic acids is 1. The summed E-state index contributed by atoms with van der Waals surface area (Å²) in [4.78, 5) is 23.6. The van der Waals surface area contributed by atoms with Gasteiger partial charge in [0, 0.05) is 16.3 Å². The molecule has 148 valence electrons. The van der Waals surface area contributed by atoms with Gasteiger partial charge in [-0.15, -0.1) is 0 Å². The van der Waals surface area contributed by atoms with E-state index in [2.05, 4.69) is 10.6 Å². The summed E-state index contributed by atoms with van der Waals surface area (Å²) in [7, 11) is 0. The molecule has 0 spiro atoms. The van der Waals surface area contributed by atoms with Crippen molar-refractivity contribution in [1.29, 1.82) is 0 Å². The van der Waals surface area contributed by atoms with Gasteiger partial charge in [-0.3, -0.25) is 10.1 Å². The third-order valence-electron chi connectivity index (χ3n) is 4.06. The predicted octanol–water partition coefficient (Wildman–Crippen LogP) is 5.39. The SMILES string of the molecule is Cc1c(NC(=S)NC(=O)c2ccc(-c3cc(Cl)ccc3Cl)o2)cccc1C(=O)O. The van der Waals surface area contributed by atoms with Crippen molar-refractivity contribution in [3.8, 4) is 11.3 Å². The molecule has 0 aliphatic rings. The molecule has 0 aliphatic heterocycles. The average molecular weight is 449 g/mol. The second-order valence-corrected chi connectivity index (χ2v) is 7.23. The summed E-state index contributed by atoms with van der Waals surface area (Å²) in [6, 6.07) is 12.7. The zero-order valence-corrected chi connectivity index (χ0v) is 17.3. The van der Waals surface area contributed by atoms with Crippen molar-refractivity contribution in [2.45, 2.75) is 6.92 Å². The van der Waals surface area contributed by atoms with Crippen LogP contribution in [0.15, 0.2) is 52.9 Å². The van der Waals surface area contributed by atoms with E-state index in [0.29, 0.717) is 32.6 Å². The first-order chi connectivity index (χ1) is 13.8. The number of rotatable bonds is 4. The molecule has 3 N–H and O–H groups in total. The number of aromatic carboxylic acids is 1. The average Bonchev–Trinajstić information content (AvgIpc) is 3.15. The number of furan rings is 1. The van der Waals surface area contributed by atoms with Crippen LogP contribution in [0.5, 0.6) is 0 Å². The molecular weight excluding hydrogens is 435 g/mol. The summed E-state index contributed by atoms with van der Waals surface area (Å²) in [5, 5.41) is 15.4. The Morgan fingerprint density at radius 2 is 1.86 bits per heavy atom. The quantitative estimate of drug-likeness (QED) is 0.463. The fraction of sp³-hybridized carbons (Fsp3) is 0.0500. The molecule has 3 rings (SSSR count). The van der Waals surface area contributed by atoms with Gasteiger partial charge in [0.1, 0.15) is 5.76 Å². The molecule has 29 heavy (non-hydrogen) atoms. The Morgan fingerprint density at radius 3 is 2.59 bits per heavy atom. The summed E-state index contributed by atoms with van der Waals surface area (Å²) in [6.07, 6.45) is 0. The molecule has 0 saturated heterocycles. The fourth-order valence-electron chi connectivity index (χ4n) is 2.61. The Morgan fingerprint density at radius 1 is 1.10 bits per heavy atom. The van der Waals surface area contributed by atoms with Crippen LogP contribution in [0.4, 0.5) is 5.69 Å². The summed E-state index contributed by atoms with van der Waals surface area (Å²) >= 11 is 17.3. The Hall–Kier alpha value is -2.87. The zero-order valence-electron chi connectivity index (χ0n) is 15.0. The third-order valence-corrected chi connectivity index (χ3v) is 4.83. The van der Waals surface area contributed by atoms with E-state index in [0.717, 1.165) is 0 Å². The number of benzene rings is 2. The molecule has 1 heterocycles. The van der Waals surface area contributed by atoms with Crippen molar-refractivity contribution in [1.82, 2.24) is 5.32 Å². The zero-order chi connectivity index (χ0) is 21.1. The van der Waals surface area contributed by atoms with E-state index in [1.165, 1.54) is 12.1 Å². The normalized spacial score (nSPS) is 10.4. The highest BCUT2D eigenvalue weighted by atomic mass is 35.5. The highest BCUT2D eigenvalue weighted by molar-refractivity contribution is 7.80. The largest absolute Gasteiger partial charge is 0.478 e. The Bertz CT molecular complexity index is 1130. The van der Waals surface area contributed by atoms with Crippen LogP contribution < -0.4 is 10.6 Å². The predicted molar refractivity (Wildman–Crippen MR) is 116 cm³/mol. The van der Waals surface area contributed by atoms with Crippen molar-refractivity contribution in [2.75, 3.05) is 5.32 Å². The van der Waals surface area contributed by atoms with E-state index in [1.54, 1.807) is 43.3 Å². The lowest BCUT2D eigenvalue weighted by Gasteiger charge is -2.12. The van der Waals surface area contributed by atoms with E-state index in [-0.39, 0.29) is 16.4 Å². The van der Waals surface area contributed by atoms with Crippen LogP contribution in [0.2, 0.25) is 10.0 Å². The molecule has 0 fully saturated rings. The van der Waals surface area contributed by atoms with Gasteiger partial charge in [-0.05, 0) is 67.2 Å². The number of hydrogen-bond donors (Lipinski definition) is 3. The number of nitrogens with one attached hydrogen (secondary N) is 2. The van der Waals surface area contributed by atoms with Crippen LogP contribution in [0.3, 0.4) is 0 Å². The monoisotopic (exact) mass is 448 g/mol. The molecule has 0 bridgehead atoms. The van der Waals surface area contributed by atoms with Crippen molar-refractivity contribution in [2.24, 2.45) is 0 Å². The minimum atomic E-state index is -1.05. The van der Waals surface area contributed by atoms with E-state index in [1.807, 2.05) is 0 Å². The van der Waals surface area contributed by atoms with Gasteiger partial charge in [0.15, 0.2) is 10.9 Å². The molecule has 1 aromatic heterocycles. The number of carbonyl (C=O) groups excluding carboxylic acids is 1. The molecule has 2 aromatic carbocycles. The van der Waals surface area contributed by atoms with Gasteiger partial charge < -0.3 is 14.8 Å². The molecule has 6 nitrogen and oxygen atoms in total. The van der Waals surface area contributed by atoms with E-state index < -0.39 is 11.9 Å². The van der Waals surface area contributed by atoms with Gasteiger partial charge >= 0.3 is 5.97 Å². The molecule has 0 radical (unpaired) electrons. The number of carboxylic acid groups (broad SMARTS) is 1. The van der Waals surface area contributed by atoms with Crippen LogP contribution in [0.25, 0.3) is 11.3 Å². The smallest absolute Gasteiger partial charge is 0.336 e. The number of carbonyl (C=O) groups is 2. The Balaban J connectivity index is 1.72. The maximum absolute atomic E-state index is 12.4. The Labute approximate surface area is 181 Å². The number of anilines is 1. The van der Waals surface area contributed by atoms with E-state index in [4.69, 9.17) is 39.8 Å². The molecule has 0 saturated carbocycles. The van der Waals surface area contributed by atoms with Gasteiger partial charge in [-0.2, -0.15) is 0 Å². The van der Waals surface area contributed by atoms with Gasteiger partial charge in [0.25, 0.3) is 5.91 Å². The van der Waals surface area contributed by atoms with E-state index in [9.17, 15) is 14.7 Å². The number of hydrogen-bond acceptors (Lipinski definition) is 4. The van der Waals surface area contributed by atoms with Gasteiger partial charge in [-0.25, -0.2) is 4.79 Å². The van der Waals surface area contributed by atoms with Crippen LogP contribution in [0, 0.1) is 6.92 Å². The summed E-state index contributed by atoms with van der Waals surface area (Å²) < 4.78 is 5.57. The molecule has 0 aliphatic carbocycles. The third kappa shape index (κ3) is 4.76. The fourth-order valence-corrected chi connectivity index (χ4v) is 3.20. The maximum atomic E-state index is 12.4. The minimum Gasteiger partial charge on any atom is -0.478 e. The lowest BCUT2D eigenvalue weighted by atomic mass is 10.1. The first-order valence-electron chi connectivity index (χ1n) is 8.26. The van der Waals surface area contributed by atoms with E-state index >= 15 is 0 Å². The van der Waals surface area contributed by atoms with Gasteiger partial charge in [0.2, 0.25) is 0 Å². The maximum Gasteiger partial charge on any atom is 0.336 e. The highest BCUT2D eigenvalue weighted by Crippen LogP contribution is 2.31. The molecule has 3 aromatic rings. The van der Waals surface area contributed by atoms with Crippen molar-refractivity contribution < 1.29 is 19.1 Å². The topological polar surface area (TPSA) is 91.6 Å². The van der Waals surface area contributed by atoms with Crippen LogP contribution in [0.1, 0.15) is 26.5 Å². The highest BCUT2D eigenvalue weighted by Gasteiger charge is 2.16. The summed E-state index contributed by atoms with van der Waals surface area (Å²) in [5.74, 6) is -1.22. The molecule has 9 heteroatoms. The van der Waals surface area contributed by atoms with Crippen molar-refractivity contribution >= 4 is 58.1 Å². The van der Waals surface area contributed by atoms with Crippen molar-refractivity contribution in [3.05, 3.63) is 75.5 Å². The van der Waals surface area contributed by atoms with Gasteiger partial charge in [0.05, 0.1) is 10.6 Å². The second-order valence-electron chi connectivity index (χ2n) is 5.98. The summed E-state index contributed by atoms with van der Waals surface area (Å²) in [6.45, 7) is 1.64. The molecule has 0 atom stereocenters. The van der Waals surface area contributed by atoms with Crippen molar-refractivity contribution in [3.63, 3.8) is 0 Å². The van der Waals surface area contributed by atoms with Crippen LogP contribution in [-0.4, -0.2) is 22.1 Å². The minimum absolute atomic E-state index is 0.000577. The number of halogens is 2. The molecule has 1 amide bonds. The van der Waals surface area contributed by atoms with Crippen LogP contribution in [-0.2, 0) is 0 Å². The van der Waals surface area contributed by atoms with Crippen LogP contribution >= 0.6 is 35.4 Å². The lowest BCUT2D eigenvalue weighted by Crippen LogP contribution is -2.34. The molecule has 0 unspecified atom stereocenters. The standard InChI is InChI=1S/C20H14Cl2N2O4S/c1-10-12(19(26)27)3-2-4-15(10)23-20(29)24-18(25)17-8-7-16(28-17)13-9-11(21)5-6-14(13)22/h2-9H,1H3,(H,26,27)(H2,23,24,25,29). The number of thiocarbonyl (C=S) groups is 1. The molecular formula is C20H14Cl2N2O4S.